The molecule has 1 aliphatic rings. The van der Waals surface area contributed by atoms with E-state index in [1.165, 1.54) is 24.6 Å². The molecule has 1 fully saturated rings. The van der Waals surface area contributed by atoms with Crippen LogP contribution in [-0.4, -0.2) is 34.1 Å². The maximum absolute atomic E-state index is 11.8. The molecule has 1 N–H and O–H groups in total. The predicted octanol–water partition coefficient (Wildman–Crippen LogP) is 6.23. The summed E-state index contributed by atoms with van der Waals surface area (Å²) in [5.41, 5.74) is 0.170. The zero-order chi connectivity index (χ0) is 23.2. The molecule has 0 saturated carbocycles. The van der Waals surface area contributed by atoms with Crippen molar-refractivity contribution < 1.29 is 23.1 Å². The Morgan fingerprint density at radius 2 is 1.57 bits per heavy atom. The van der Waals surface area contributed by atoms with Crippen LogP contribution in [0.3, 0.4) is 0 Å². The number of carboxylic acids is 1. The Bertz CT molecular complexity index is 732. The molecule has 0 bridgehead atoms. The van der Waals surface area contributed by atoms with Gasteiger partial charge in [-0.2, -0.15) is 13.2 Å². The summed E-state index contributed by atoms with van der Waals surface area (Å²) in [5.74, 6) is -0.453. The molecular weight excluding hydrogens is 395 g/mol. The monoisotopic (exact) mass is 427 g/mol. The minimum absolute atomic E-state index is 0.0735. The number of alkyl halides is 3. The highest BCUT2D eigenvalue weighted by Gasteiger charge is 2.29. The van der Waals surface area contributed by atoms with Gasteiger partial charge in [0.15, 0.2) is 5.69 Å². The molecule has 0 spiro atoms. The number of carbonyl (C=O) groups is 1. The van der Waals surface area contributed by atoms with Gasteiger partial charge in [-0.25, -0.2) is 14.8 Å². The van der Waals surface area contributed by atoms with Crippen LogP contribution in [0.5, 0.6) is 0 Å². The van der Waals surface area contributed by atoms with Crippen LogP contribution in [0.1, 0.15) is 68.7 Å². The van der Waals surface area contributed by atoms with Crippen LogP contribution >= 0.6 is 0 Å². The fourth-order valence-corrected chi connectivity index (χ4v) is 2.35. The van der Waals surface area contributed by atoms with Gasteiger partial charge in [-0.05, 0) is 25.8 Å². The molecule has 3 rings (SSSR count). The highest BCUT2D eigenvalue weighted by Crippen LogP contribution is 2.28. The summed E-state index contributed by atoms with van der Waals surface area (Å²) in [7, 11) is 0. The van der Waals surface area contributed by atoms with Crippen LogP contribution in [0.25, 0.3) is 0 Å². The molecule has 2 aromatic rings. The maximum Gasteiger partial charge on any atom is 0.416 e. The number of benzene rings is 1. The second kappa shape index (κ2) is 14.4. The van der Waals surface area contributed by atoms with Crippen molar-refractivity contribution in [2.24, 2.45) is 0 Å². The summed E-state index contributed by atoms with van der Waals surface area (Å²) in [4.78, 5) is 21.1. The van der Waals surface area contributed by atoms with Gasteiger partial charge < -0.3 is 10.0 Å². The first-order chi connectivity index (χ1) is 14.2. The van der Waals surface area contributed by atoms with Gasteiger partial charge in [0.25, 0.3) is 0 Å². The molecule has 0 amide bonds. The topological polar surface area (TPSA) is 66.3 Å². The van der Waals surface area contributed by atoms with E-state index in [-0.39, 0.29) is 5.69 Å². The molecule has 0 unspecified atom stereocenters. The van der Waals surface area contributed by atoms with Gasteiger partial charge in [0.1, 0.15) is 0 Å². The fraction of sp³-hybridized carbons (Fsp3) is 0.500. The number of anilines is 1. The van der Waals surface area contributed by atoms with E-state index < -0.39 is 17.7 Å². The fourth-order valence-electron chi connectivity index (χ4n) is 2.35. The summed E-state index contributed by atoms with van der Waals surface area (Å²) in [6.07, 6.45) is -0.708. The van der Waals surface area contributed by atoms with Crippen molar-refractivity contribution in [1.29, 1.82) is 0 Å². The number of carboxylic acid groups (broad SMARTS) is 1. The number of rotatable bonds is 2. The Balaban J connectivity index is 0.000000486. The molecule has 2 heterocycles. The van der Waals surface area contributed by atoms with Gasteiger partial charge in [-0.15, -0.1) is 0 Å². The highest BCUT2D eigenvalue weighted by atomic mass is 19.4. The van der Waals surface area contributed by atoms with Crippen LogP contribution in [0.15, 0.2) is 36.4 Å². The Morgan fingerprint density at radius 1 is 1.07 bits per heavy atom. The van der Waals surface area contributed by atoms with Crippen molar-refractivity contribution in [3.63, 3.8) is 0 Å². The summed E-state index contributed by atoms with van der Waals surface area (Å²) in [5, 5.41) is 8.87. The van der Waals surface area contributed by atoms with Crippen molar-refractivity contribution in [3.05, 3.63) is 53.3 Å². The van der Waals surface area contributed by atoms with Crippen LogP contribution in [0.2, 0.25) is 0 Å². The molecule has 168 valence electrons. The molecule has 1 aliphatic heterocycles. The number of halogens is 3. The Morgan fingerprint density at radius 3 is 1.97 bits per heavy atom. The van der Waals surface area contributed by atoms with Crippen LogP contribution in [0.4, 0.5) is 19.1 Å². The van der Waals surface area contributed by atoms with Gasteiger partial charge in [0.2, 0.25) is 5.95 Å². The van der Waals surface area contributed by atoms with Gasteiger partial charge in [0.05, 0.1) is 5.56 Å². The molecule has 0 radical (unpaired) electrons. The normalized spacial score (nSPS) is 12.5. The maximum atomic E-state index is 11.8. The Kier molecular flexibility index (Phi) is 13.1. The van der Waals surface area contributed by atoms with Crippen molar-refractivity contribution >= 4 is 11.9 Å². The number of aromatic nitrogens is 2. The average molecular weight is 428 g/mol. The minimum Gasteiger partial charge on any atom is -0.477 e. The molecule has 8 heteroatoms. The van der Waals surface area contributed by atoms with Gasteiger partial charge in [-0.3, -0.25) is 0 Å². The van der Waals surface area contributed by atoms with Crippen molar-refractivity contribution in [2.45, 2.75) is 60.1 Å². The van der Waals surface area contributed by atoms with Crippen LogP contribution in [-0.2, 0) is 6.18 Å². The average Bonchev–Trinajstić information content (AvgIpc) is 3.25. The SMILES string of the molecule is CC.CCC.Cc1cc(C(=O)O)nc(N2CCCC2)n1.FC(F)(F)c1ccccc1. The molecule has 0 atom stereocenters. The van der Waals surface area contributed by atoms with E-state index in [0.717, 1.165) is 38.1 Å². The first kappa shape index (κ1) is 27.4. The number of aromatic carboxylic acids is 1. The largest absolute Gasteiger partial charge is 0.477 e. The third-order valence-corrected chi connectivity index (χ3v) is 3.55. The van der Waals surface area contributed by atoms with Gasteiger partial charge in [-0.1, -0.05) is 64.4 Å². The van der Waals surface area contributed by atoms with Crippen LogP contribution in [0, 0.1) is 6.92 Å². The van der Waals surface area contributed by atoms with E-state index in [0.29, 0.717) is 11.6 Å². The van der Waals surface area contributed by atoms with Crippen LogP contribution < -0.4 is 4.90 Å². The molecule has 5 nitrogen and oxygen atoms in total. The molecule has 1 saturated heterocycles. The summed E-state index contributed by atoms with van der Waals surface area (Å²) >= 11 is 0. The van der Waals surface area contributed by atoms with E-state index in [1.807, 2.05) is 18.7 Å². The van der Waals surface area contributed by atoms with E-state index in [2.05, 4.69) is 23.8 Å². The van der Waals surface area contributed by atoms with Crippen molar-refractivity contribution in [3.8, 4) is 0 Å². The first-order valence-electron chi connectivity index (χ1n) is 10.1. The van der Waals surface area contributed by atoms with Gasteiger partial charge >= 0.3 is 12.1 Å². The zero-order valence-corrected chi connectivity index (χ0v) is 18.3. The zero-order valence-electron chi connectivity index (χ0n) is 18.3. The van der Waals surface area contributed by atoms with E-state index in [1.54, 1.807) is 13.0 Å². The van der Waals surface area contributed by atoms with E-state index >= 15 is 0 Å². The third kappa shape index (κ3) is 10.2. The predicted molar refractivity (Wildman–Crippen MR) is 114 cm³/mol. The molecule has 1 aromatic carbocycles. The Hall–Kier alpha value is -2.64. The summed E-state index contributed by atoms with van der Waals surface area (Å²) in [6.45, 7) is 11.9. The second-order valence-electron chi connectivity index (χ2n) is 6.26. The molecule has 0 aliphatic carbocycles. The smallest absolute Gasteiger partial charge is 0.416 e. The summed E-state index contributed by atoms with van der Waals surface area (Å²) < 4.78 is 35.4. The first-order valence-corrected chi connectivity index (χ1v) is 10.1. The standard InChI is InChI=1S/C10H13N3O2.C7H5F3.C3H8.C2H6/c1-7-6-8(9(14)15)12-10(11-7)13-4-2-3-5-13;8-7(9,10)6-4-2-1-3-5-6;1-3-2;1-2/h6H,2-5H2,1H3,(H,14,15);1-5H;3H2,1-2H3;1-2H3. The lowest BCUT2D eigenvalue weighted by Crippen LogP contribution is -2.22. The van der Waals surface area contributed by atoms with E-state index in [4.69, 9.17) is 5.11 Å². The summed E-state index contributed by atoms with van der Waals surface area (Å²) in [6, 6.07) is 7.85. The number of aryl methyl sites for hydroxylation is 1. The quantitative estimate of drug-likeness (QED) is 0.615. The third-order valence-electron chi connectivity index (χ3n) is 3.55. The highest BCUT2D eigenvalue weighted by molar-refractivity contribution is 5.85. The number of nitrogens with zero attached hydrogens (tertiary/aromatic N) is 3. The molecular formula is C22H32F3N3O2. The second-order valence-corrected chi connectivity index (χ2v) is 6.26. The molecule has 30 heavy (non-hydrogen) atoms. The van der Waals surface area contributed by atoms with Crippen molar-refractivity contribution in [2.75, 3.05) is 18.0 Å². The minimum atomic E-state index is -4.21. The van der Waals surface area contributed by atoms with E-state index in [9.17, 15) is 18.0 Å². The number of hydrogen-bond donors (Lipinski definition) is 1. The lowest BCUT2D eigenvalue weighted by atomic mass is 10.2. The lowest BCUT2D eigenvalue weighted by molar-refractivity contribution is -0.137. The van der Waals surface area contributed by atoms with Crippen molar-refractivity contribution in [1.82, 2.24) is 9.97 Å². The van der Waals surface area contributed by atoms with Gasteiger partial charge in [0, 0.05) is 18.8 Å². The Labute approximate surface area is 177 Å². The molecule has 1 aromatic heterocycles. The lowest BCUT2D eigenvalue weighted by Gasteiger charge is -2.15. The number of hydrogen-bond acceptors (Lipinski definition) is 4.